The lowest BCUT2D eigenvalue weighted by atomic mass is 9.94. The number of carboxylic acid groups (broad SMARTS) is 1. The first-order valence-electron chi connectivity index (χ1n) is 5.21. The summed E-state index contributed by atoms with van der Waals surface area (Å²) < 4.78 is 38.2. The largest absolute Gasteiger partial charge is 0.475 e. The van der Waals surface area contributed by atoms with Gasteiger partial charge >= 0.3 is 12.1 Å². The van der Waals surface area contributed by atoms with Gasteiger partial charge in [-0.15, -0.1) is 0 Å². The van der Waals surface area contributed by atoms with Gasteiger partial charge in [-0.2, -0.15) is 13.2 Å². The normalized spacial score (nSPS) is 20.1. The number of nitrogens with zero attached hydrogens (tertiary/aromatic N) is 2. The molecule has 0 fully saturated rings. The van der Waals surface area contributed by atoms with Crippen molar-refractivity contribution in [3.63, 3.8) is 0 Å². The molecular weight excluding hydrogens is 237 g/mol. The van der Waals surface area contributed by atoms with Crippen LogP contribution in [0.4, 0.5) is 13.2 Å². The minimum Gasteiger partial charge on any atom is -0.475 e. The fraction of sp³-hybridized carbons (Fsp3) is 0.600. The van der Waals surface area contributed by atoms with Gasteiger partial charge in [0.15, 0.2) is 0 Å². The molecule has 94 valence electrons. The number of carboxylic acids is 1. The first-order valence-corrected chi connectivity index (χ1v) is 5.21. The molecule has 1 aromatic rings. The summed E-state index contributed by atoms with van der Waals surface area (Å²) in [7, 11) is 0. The first kappa shape index (κ1) is 11.9. The predicted molar refractivity (Wildman–Crippen MR) is 51.7 cm³/mol. The highest BCUT2D eigenvalue weighted by molar-refractivity contribution is 5.83. The maximum absolute atomic E-state index is 12.3. The molecule has 2 heterocycles. The number of hydrogen-bond acceptors (Lipinski definition) is 2. The summed E-state index contributed by atoms with van der Waals surface area (Å²) in [4.78, 5) is 14.5. The molecular formula is C10H11F3N2O2. The number of fused-ring (bicyclic) bond motifs is 1. The minimum atomic E-state index is -4.20. The van der Waals surface area contributed by atoms with Gasteiger partial charge in [0.1, 0.15) is 0 Å². The molecule has 0 radical (unpaired) electrons. The van der Waals surface area contributed by atoms with Gasteiger partial charge in [0.05, 0.1) is 0 Å². The van der Waals surface area contributed by atoms with E-state index in [1.807, 2.05) is 0 Å². The van der Waals surface area contributed by atoms with E-state index < -0.39 is 24.5 Å². The summed E-state index contributed by atoms with van der Waals surface area (Å²) in [5, 5.41) is 8.84. The van der Waals surface area contributed by atoms with Crippen molar-refractivity contribution < 1.29 is 23.1 Å². The number of aryl methyl sites for hydroxylation is 1. The van der Waals surface area contributed by atoms with Gasteiger partial charge in [0.2, 0.25) is 5.82 Å². The van der Waals surface area contributed by atoms with Gasteiger partial charge in [-0.1, -0.05) is 0 Å². The number of imidazole rings is 1. The van der Waals surface area contributed by atoms with E-state index in [1.54, 1.807) is 0 Å². The highest BCUT2D eigenvalue weighted by atomic mass is 19.4. The van der Waals surface area contributed by atoms with Gasteiger partial charge in [0.25, 0.3) is 0 Å². The van der Waals surface area contributed by atoms with Crippen LogP contribution in [0.3, 0.4) is 0 Å². The number of aromatic carboxylic acids is 1. The Hall–Kier alpha value is -1.53. The maximum atomic E-state index is 12.3. The third kappa shape index (κ3) is 2.59. The van der Waals surface area contributed by atoms with Crippen LogP contribution in [0.2, 0.25) is 0 Å². The predicted octanol–water partition coefficient (Wildman–Crippen LogP) is 2.10. The third-order valence-corrected chi connectivity index (χ3v) is 2.90. The Bertz CT molecular complexity index is 439. The number of hydrogen-bond donors (Lipinski definition) is 1. The Balaban J connectivity index is 2.17. The zero-order chi connectivity index (χ0) is 12.6. The number of alkyl halides is 3. The molecule has 0 aromatic carbocycles. The minimum absolute atomic E-state index is 0.0798. The van der Waals surface area contributed by atoms with Gasteiger partial charge in [0, 0.05) is 24.9 Å². The Morgan fingerprint density at radius 3 is 2.88 bits per heavy atom. The van der Waals surface area contributed by atoms with Crippen LogP contribution in [0.1, 0.15) is 29.2 Å². The molecule has 0 amide bonds. The van der Waals surface area contributed by atoms with E-state index in [0.717, 1.165) is 0 Å². The van der Waals surface area contributed by atoms with Crippen LogP contribution in [-0.4, -0.2) is 26.8 Å². The summed E-state index contributed by atoms with van der Waals surface area (Å²) in [6.45, 7) is 0.0798. The van der Waals surface area contributed by atoms with E-state index in [4.69, 9.17) is 5.11 Å². The van der Waals surface area contributed by atoms with Crippen molar-refractivity contribution in [1.29, 1.82) is 0 Å². The Morgan fingerprint density at radius 2 is 2.29 bits per heavy atom. The van der Waals surface area contributed by atoms with Gasteiger partial charge < -0.3 is 9.67 Å². The fourth-order valence-electron chi connectivity index (χ4n) is 2.18. The molecule has 1 aliphatic heterocycles. The van der Waals surface area contributed by atoms with E-state index >= 15 is 0 Å². The monoisotopic (exact) mass is 248 g/mol. The fourth-order valence-corrected chi connectivity index (χ4v) is 2.18. The molecule has 1 N–H and O–H groups in total. The number of rotatable bonds is 2. The highest BCUT2D eigenvalue weighted by Gasteiger charge is 2.34. The standard InChI is InChI=1S/C10H11F3N2O2/c11-10(12,13)3-6-1-2-7-4-14-8(9(16)17)15(7)5-6/h4,6H,1-3,5H2,(H,16,17). The SMILES string of the molecule is O=C(O)c1ncc2n1CC(CC(F)(F)F)CC2. The van der Waals surface area contributed by atoms with Crippen LogP contribution < -0.4 is 0 Å². The molecule has 1 unspecified atom stereocenters. The third-order valence-electron chi connectivity index (χ3n) is 2.90. The van der Waals surface area contributed by atoms with Crippen molar-refractivity contribution in [2.45, 2.75) is 32.0 Å². The topological polar surface area (TPSA) is 55.1 Å². The van der Waals surface area contributed by atoms with E-state index in [9.17, 15) is 18.0 Å². The lowest BCUT2D eigenvalue weighted by Crippen LogP contribution is -2.27. The lowest BCUT2D eigenvalue weighted by Gasteiger charge is -2.25. The number of halogens is 3. The zero-order valence-corrected chi connectivity index (χ0v) is 8.87. The smallest absolute Gasteiger partial charge is 0.389 e. The molecule has 17 heavy (non-hydrogen) atoms. The molecule has 2 rings (SSSR count). The molecule has 1 aromatic heterocycles. The molecule has 0 bridgehead atoms. The molecule has 0 saturated heterocycles. The second-order valence-corrected chi connectivity index (χ2v) is 4.21. The number of carbonyl (C=O) groups is 1. The van der Waals surface area contributed by atoms with Gasteiger partial charge in [-0.05, 0) is 18.8 Å². The summed E-state index contributed by atoms with van der Waals surface area (Å²) in [5.74, 6) is -1.94. The summed E-state index contributed by atoms with van der Waals surface area (Å²) in [5.41, 5.74) is 0.695. The molecule has 4 nitrogen and oxygen atoms in total. The Labute approximate surface area is 95.1 Å². The quantitative estimate of drug-likeness (QED) is 0.871. The van der Waals surface area contributed by atoms with Crippen molar-refractivity contribution >= 4 is 5.97 Å². The zero-order valence-electron chi connectivity index (χ0n) is 8.87. The van der Waals surface area contributed by atoms with Crippen LogP contribution in [0, 0.1) is 5.92 Å². The summed E-state index contributed by atoms with van der Waals surface area (Å²) in [6.07, 6.45) is -2.78. The van der Waals surface area contributed by atoms with Crippen LogP contribution in [0.15, 0.2) is 6.20 Å². The van der Waals surface area contributed by atoms with Crippen LogP contribution in [0.25, 0.3) is 0 Å². The van der Waals surface area contributed by atoms with Crippen molar-refractivity contribution in [2.24, 2.45) is 5.92 Å². The van der Waals surface area contributed by atoms with Crippen molar-refractivity contribution in [3.05, 3.63) is 17.7 Å². The van der Waals surface area contributed by atoms with Crippen LogP contribution in [-0.2, 0) is 13.0 Å². The van der Waals surface area contributed by atoms with E-state index in [0.29, 0.717) is 18.5 Å². The molecule has 1 atom stereocenters. The Morgan fingerprint density at radius 1 is 1.59 bits per heavy atom. The molecule has 0 aliphatic carbocycles. The average molecular weight is 248 g/mol. The second-order valence-electron chi connectivity index (χ2n) is 4.21. The second kappa shape index (κ2) is 4.05. The van der Waals surface area contributed by atoms with Crippen molar-refractivity contribution in [2.75, 3.05) is 0 Å². The first-order chi connectivity index (χ1) is 7.87. The van der Waals surface area contributed by atoms with Gasteiger partial charge in [-0.25, -0.2) is 9.78 Å². The van der Waals surface area contributed by atoms with Crippen molar-refractivity contribution in [3.8, 4) is 0 Å². The van der Waals surface area contributed by atoms with Crippen LogP contribution >= 0.6 is 0 Å². The summed E-state index contributed by atoms with van der Waals surface area (Å²) >= 11 is 0. The maximum Gasteiger partial charge on any atom is 0.389 e. The Kier molecular flexibility index (Phi) is 2.84. The lowest BCUT2D eigenvalue weighted by molar-refractivity contribution is -0.146. The van der Waals surface area contributed by atoms with E-state index in [2.05, 4.69) is 4.98 Å². The average Bonchev–Trinajstić information content (AvgIpc) is 2.57. The van der Waals surface area contributed by atoms with E-state index in [-0.39, 0.29) is 12.4 Å². The van der Waals surface area contributed by atoms with Crippen molar-refractivity contribution in [1.82, 2.24) is 9.55 Å². The molecule has 7 heteroatoms. The summed E-state index contributed by atoms with van der Waals surface area (Å²) in [6, 6.07) is 0. The number of aromatic nitrogens is 2. The highest BCUT2D eigenvalue weighted by Crippen LogP contribution is 2.31. The molecule has 0 saturated carbocycles. The molecule has 1 aliphatic rings. The molecule has 0 spiro atoms. The van der Waals surface area contributed by atoms with Crippen LogP contribution in [0.5, 0.6) is 0 Å². The van der Waals surface area contributed by atoms with E-state index in [1.165, 1.54) is 10.8 Å². The van der Waals surface area contributed by atoms with Gasteiger partial charge in [-0.3, -0.25) is 0 Å².